The van der Waals surface area contributed by atoms with Crippen molar-refractivity contribution in [1.82, 2.24) is 30.7 Å². The summed E-state index contributed by atoms with van der Waals surface area (Å²) in [4.78, 5) is 12.9. The molecule has 0 aliphatic heterocycles. The van der Waals surface area contributed by atoms with Crippen LogP contribution < -0.4 is 15.9 Å². The van der Waals surface area contributed by atoms with Crippen molar-refractivity contribution in [3.8, 4) is 28.6 Å². The molecular formula is C20H18N8O4. The Kier molecular flexibility index (Phi) is 5.74. The number of benzene rings is 2. The summed E-state index contributed by atoms with van der Waals surface area (Å²) in [6.45, 7) is 2.34. The van der Waals surface area contributed by atoms with Gasteiger partial charge in [0.25, 0.3) is 5.91 Å². The van der Waals surface area contributed by atoms with Gasteiger partial charge in [-0.1, -0.05) is 29.5 Å². The fourth-order valence-corrected chi connectivity index (χ4v) is 2.90. The third-order valence-corrected chi connectivity index (χ3v) is 4.25. The molecule has 12 nitrogen and oxygen atoms in total. The van der Waals surface area contributed by atoms with E-state index >= 15 is 0 Å². The largest absolute Gasteiger partial charge is 0.508 e. The topological polar surface area (TPSA) is 167 Å². The third-order valence-electron chi connectivity index (χ3n) is 4.25. The van der Waals surface area contributed by atoms with Crippen LogP contribution in [0, 0.1) is 0 Å². The number of aromatic nitrogens is 5. The summed E-state index contributed by atoms with van der Waals surface area (Å²) >= 11 is 0. The molecule has 0 saturated carbocycles. The lowest BCUT2D eigenvalue weighted by molar-refractivity contribution is 0.0950. The molecule has 0 bridgehead atoms. The van der Waals surface area contributed by atoms with Crippen molar-refractivity contribution < 1.29 is 19.3 Å². The molecule has 162 valence electrons. The van der Waals surface area contributed by atoms with Crippen molar-refractivity contribution in [2.75, 3.05) is 12.3 Å². The minimum atomic E-state index is -0.625. The molecule has 32 heavy (non-hydrogen) atoms. The number of hydrogen-bond acceptors (Lipinski definition) is 10. The highest BCUT2D eigenvalue weighted by Gasteiger charge is 2.25. The average Bonchev–Trinajstić information content (AvgIpc) is 3.40. The molecule has 4 N–H and O–H groups in total. The molecule has 0 atom stereocenters. The first-order valence-electron chi connectivity index (χ1n) is 9.46. The second-order valence-corrected chi connectivity index (χ2v) is 6.43. The number of nitrogens with zero attached hydrogens (tertiary/aromatic N) is 6. The second kappa shape index (κ2) is 8.95. The molecule has 0 aliphatic carbocycles. The van der Waals surface area contributed by atoms with Crippen LogP contribution in [-0.2, 0) is 0 Å². The number of aromatic hydroxyl groups is 1. The lowest BCUT2D eigenvalue weighted by Gasteiger charge is -2.08. The summed E-state index contributed by atoms with van der Waals surface area (Å²) in [5, 5.41) is 28.7. The van der Waals surface area contributed by atoms with Crippen LogP contribution in [0.3, 0.4) is 0 Å². The van der Waals surface area contributed by atoms with Crippen LogP contribution in [0.4, 0.5) is 5.82 Å². The third kappa shape index (κ3) is 4.23. The highest BCUT2D eigenvalue weighted by atomic mass is 16.6. The molecule has 2 aromatic heterocycles. The fourth-order valence-electron chi connectivity index (χ4n) is 2.90. The number of amides is 1. The Balaban J connectivity index is 1.70. The van der Waals surface area contributed by atoms with Crippen molar-refractivity contribution in [2.45, 2.75) is 6.92 Å². The molecule has 0 spiro atoms. The Morgan fingerprint density at radius 1 is 1.28 bits per heavy atom. The number of nitrogen functional groups attached to an aromatic ring is 1. The van der Waals surface area contributed by atoms with E-state index in [0.29, 0.717) is 29.2 Å². The van der Waals surface area contributed by atoms with Crippen LogP contribution in [0.1, 0.15) is 23.0 Å². The molecule has 0 aliphatic rings. The number of carbonyl (C=O) groups excluding carboxylic acids is 1. The number of nitrogens with one attached hydrogen (secondary N) is 1. The van der Waals surface area contributed by atoms with Crippen LogP contribution in [0.15, 0.2) is 58.3 Å². The number of rotatable bonds is 7. The summed E-state index contributed by atoms with van der Waals surface area (Å²) in [5.41, 5.74) is 9.64. The number of ether oxygens (including phenoxy) is 1. The van der Waals surface area contributed by atoms with Gasteiger partial charge in [0.2, 0.25) is 11.6 Å². The van der Waals surface area contributed by atoms with E-state index < -0.39 is 5.91 Å². The lowest BCUT2D eigenvalue weighted by Crippen LogP contribution is -2.19. The van der Waals surface area contributed by atoms with E-state index in [9.17, 15) is 9.90 Å². The number of nitrogens with two attached hydrogens (primary N) is 1. The van der Waals surface area contributed by atoms with Crippen LogP contribution in [-0.4, -0.2) is 49.1 Å². The molecule has 4 aromatic rings. The normalized spacial score (nSPS) is 11.0. The molecular weight excluding hydrogens is 416 g/mol. The van der Waals surface area contributed by atoms with Crippen LogP contribution in [0.25, 0.3) is 17.1 Å². The van der Waals surface area contributed by atoms with E-state index in [1.165, 1.54) is 23.0 Å². The smallest absolute Gasteiger partial charge is 0.294 e. The van der Waals surface area contributed by atoms with E-state index in [4.69, 9.17) is 10.5 Å². The van der Waals surface area contributed by atoms with E-state index in [1.807, 2.05) is 6.92 Å². The summed E-state index contributed by atoms with van der Waals surface area (Å²) in [5.74, 6) is 0.109. The van der Waals surface area contributed by atoms with Gasteiger partial charge in [-0.3, -0.25) is 4.79 Å². The molecule has 0 fully saturated rings. The molecule has 0 radical (unpaired) electrons. The van der Waals surface area contributed by atoms with Gasteiger partial charge < -0.3 is 15.6 Å². The van der Waals surface area contributed by atoms with Gasteiger partial charge in [-0.25, -0.2) is 10.1 Å². The van der Waals surface area contributed by atoms with Gasteiger partial charge >= 0.3 is 0 Å². The van der Waals surface area contributed by atoms with Crippen molar-refractivity contribution in [1.29, 1.82) is 0 Å². The maximum absolute atomic E-state index is 12.9. The standard InChI is InChI=1S/C20H18N8O4/c1-2-31-15-8-4-6-13(10-15)17-16(23-27-28(17)19-18(21)25-32-26-19)20(30)24-22-11-12-5-3-7-14(29)9-12/h3-11,29H,2H2,1H3,(H2,21,25)(H,24,30)/b22-11+. The zero-order valence-corrected chi connectivity index (χ0v) is 16.8. The van der Waals surface area contributed by atoms with Crippen LogP contribution in [0.5, 0.6) is 11.5 Å². The van der Waals surface area contributed by atoms with E-state index in [2.05, 4.69) is 35.8 Å². The van der Waals surface area contributed by atoms with E-state index in [0.717, 1.165) is 0 Å². The van der Waals surface area contributed by atoms with Gasteiger partial charge in [-0.2, -0.15) is 9.78 Å². The molecule has 1 amide bonds. The first kappa shape index (κ1) is 20.5. The fraction of sp³-hybridized carbons (Fsp3) is 0.100. The number of anilines is 1. The monoisotopic (exact) mass is 434 g/mol. The first-order chi connectivity index (χ1) is 15.6. The maximum Gasteiger partial charge on any atom is 0.294 e. The predicted molar refractivity (Wildman–Crippen MR) is 113 cm³/mol. The highest BCUT2D eigenvalue weighted by Crippen LogP contribution is 2.29. The Morgan fingerprint density at radius 3 is 2.88 bits per heavy atom. The Labute approximate surface area is 181 Å². The number of phenolic OH excluding ortho intramolecular Hbond substituents is 1. The van der Waals surface area contributed by atoms with Gasteiger partial charge in [-0.05, 0) is 47.1 Å². The summed E-state index contributed by atoms with van der Waals surface area (Å²) in [6, 6.07) is 13.4. The molecule has 2 heterocycles. The number of carbonyl (C=O) groups is 1. The summed E-state index contributed by atoms with van der Waals surface area (Å²) < 4.78 is 11.5. The second-order valence-electron chi connectivity index (χ2n) is 6.43. The molecule has 2 aromatic carbocycles. The van der Waals surface area contributed by atoms with Gasteiger partial charge in [0.05, 0.1) is 12.8 Å². The Hall–Kier alpha value is -4.74. The number of hydrogen-bond donors (Lipinski definition) is 3. The minimum absolute atomic E-state index is 0.0222. The van der Waals surface area contributed by atoms with Crippen molar-refractivity contribution in [3.63, 3.8) is 0 Å². The molecule has 0 saturated heterocycles. The lowest BCUT2D eigenvalue weighted by atomic mass is 10.1. The number of phenols is 1. The maximum atomic E-state index is 12.9. The van der Waals surface area contributed by atoms with Gasteiger partial charge in [-0.15, -0.1) is 5.10 Å². The molecule has 0 unspecified atom stereocenters. The Morgan fingerprint density at radius 2 is 2.12 bits per heavy atom. The van der Waals surface area contributed by atoms with Crippen LogP contribution >= 0.6 is 0 Å². The van der Waals surface area contributed by atoms with Crippen molar-refractivity contribution in [2.24, 2.45) is 5.10 Å². The summed E-state index contributed by atoms with van der Waals surface area (Å²) in [7, 11) is 0. The highest BCUT2D eigenvalue weighted by molar-refractivity contribution is 5.99. The number of hydrazone groups is 1. The average molecular weight is 434 g/mol. The van der Waals surface area contributed by atoms with E-state index in [-0.39, 0.29) is 23.1 Å². The van der Waals surface area contributed by atoms with Crippen molar-refractivity contribution in [3.05, 3.63) is 59.8 Å². The zero-order chi connectivity index (χ0) is 22.5. The Bertz CT molecular complexity index is 1280. The van der Waals surface area contributed by atoms with Crippen LogP contribution in [0.2, 0.25) is 0 Å². The quantitative estimate of drug-likeness (QED) is 0.290. The van der Waals surface area contributed by atoms with Gasteiger partial charge in [0.1, 0.15) is 17.2 Å². The minimum Gasteiger partial charge on any atom is -0.508 e. The zero-order valence-electron chi connectivity index (χ0n) is 16.8. The molecule has 12 heteroatoms. The van der Waals surface area contributed by atoms with Gasteiger partial charge in [0.15, 0.2) is 5.69 Å². The predicted octanol–water partition coefficient (Wildman–Crippen LogP) is 1.77. The molecule has 4 rings (SSSR count). The summed E-state index contributed by atoms with van der Waals surface area (Å²) in [6.07, 6.45) is 1.39. The van der Waals surface area contributed by atoms with E-state index in [1.54, 1.807) is 36.4 Å². The SMILES string of the molecule is CCOc1cccc(-c2c(C(=O)N/N=C/c3cccc(O)c3)nnn2-c2nonc2N)c1. The van der Waals surface area contributed by atoms with Crippen molar-refractivity contribution >= 4 is 17.9 Å². The first-order valence-corrected chi connectivity index (χ1v) is 9.46. The van der Waals surface area contributed by atoms with Gasteiger partial charge in [0, 0.05) is 5.56 Å².